The third-order valence-corrected chi connectivity index (χ3v) is 12.1. The van der Waals surface area contributed by atoms with Crippen LogP contribution in [0.25, 0.3) is 6.08 Å². The van der Waals surface area contributed by atoms with Crippen molar-refractivity contribution in [3.05, 3.63) is 174 Å². The highest BCUT2D eigenvalue weighted by molar-refractivity contribution is 6.96. The van der Waals surface area contributed by atoms with Gasteiger partial charge in [0, 0.05) is 18.9 Å². The average molecular weight is 565 g/mol. The van der Waals surface area contributed by atoms with Gasteiger partial charge in [0.1, 0.15) is 6.54 Å². The molecule has 1 aliphatic rings. The van der Waals surface area contributed by atoms with E-state index in [0.717, 1.165) is 19.4 Å². The summed E-state index contributed by atoms with van der Waals surface area (Å²) in [5.74, 6) is 0. The van der Waals surface area contributed by atoms with Crippen LogP contribution < -0.4 is 10.4 Å². The Labute approximate surface area is 251 Å². The summed E-state index contributed by atoms with van der Waals surface area (Å²) in [6, 6.07) is 54.2. The number of hydrogen-bond acceptors (Lipinski definition) is 1. The Hall–Kier alpha value is -4.31. The van der Waals surface area contributed by atoms with Gasteiger partial charge in [-0.05, 0) is 39.7 Å². The molecule has 3 heteroatoms. The highest BCUT2D eigenvalue weighted by Crippen LogP contribution is 2.44. The summed E-state index contributed by atoms with van der Waals surface area (Å²) in [6.07, 6.45) is 8.81. The standard InChI is InChI=1S/C39H38NOSi/c1-42(36-26-13-5-14-27-36,37-28-15-6-16-29-37)41-39(34-22-9-3-10-23-34,35-24-11-4-12-25-35)38-30-18-32-40(38)31-17-21-33-19-7-2-8-20-33/h2-17,19-29,31,38H,18,30,32H2,1H3/q+1/b21-17+,40-31?/t38-/m0/s1. The summed E-state index contributed by atoms with van der Waals surface area (Å²) in [7, 11) is -2.74. The van der Waals surface area contributed by atoms with E-state index >= 15 is 0 Å². The van der Waals surface area contributed by atoms with Crippen molar-refractivity contribution in [2.24, 2.45) is 0 Å². The molecular weight excluding hydrogens is 527 g/mol. The zero-order valence-corrected chi connectivity index (χ0v) is 25.2. The zero-order chi connectivity index (χ0) is 28.7. The van der Waals surface area contributed by atoms with Crippen molar-refractivity contribution in [2.75, 3.05) is 6.54 Å². The van der Waals surface area contributed by atoms with Crippen molar-refractivity contribution in [3.8, 4) is 0 Å². The minimum absolute atomic E-state index is 0.113. The first-order chi connectivity index (χ1) is 20.7. The van der Waals surface area contributed by atoms with E-state index in [1.165, 1.54) is 27.1 Å². The first-order valence-electron chi connectivity index (χ1n) is 14.9. The van der Waals surface area contributed by atoms with Crippen LogP contribution in [0.1, 0.15) is 29.5 Å². The molecule has 1 heterocycles. The summed E-state index contributed by atoms with van der Waals surface area (Å²) in [5, 5.41) is 2.54. The Kier molecular flexibility index (Phi) is 8.41. The van der Waals surface area contributed by atoms with Crippen LogP contribution in [0.3, 0.4) is 0 Å². The second-order valence-corrected chi connectivity index (χ2v) is 14.6. The molecule has 0 aliphatic carbocycles. The van der Waals surface area contributed by atoms with Crippen LogP contribution in [-0.4, -0.2) is 31.7 Å². The van der Waals surface area contributed by atoms with E-state index in [1.807, 2.05) is 0 Å². The Bertz CT molecular complexity index is 1540. The normalized spacial score (nSPS) is 16.7. The van der Waals surface area contributed by atoms with Crippen LogP contribution in [0.5, 0.6) is 0 Å². The molecule has 0 radical (unpaired) electrons. The first-order valence-corrected chi connectivity index (χ1v) is 17.4. The van der Waals surface area contributed by atoms with Gasteiger partial charge >= 0.3 is 0 Å². The molecule has 0 bridgehead atoms. The smallest absolute Gasteiger partial charge is 0.254 e. The molecule has 208 valence electrons. The Balaban J connectivity index is 1.57. The molecule has 0 N–H and O–H groups in total. The highest BCUT2D eigenvalue weighted by Gasteiger charge is 2.55. The van der Waals surface area contributed by atoms with E-state index < -0.39 is 13.9 Å². The molecule has 0 amide bonds. The molecule has 0 saturated carbocycles. The van der Waals surface area contributed by atoms with Crippen LogP contribution in [0.2, 0.25) is 6.55 Å². The molecule has 1 aliphatic heterocycles. The van der Waals surface area contributed by atoms with Crippen molar-refractivity contribution < 1.29 is 9.00 Å². The van der Waals surface area contributed by atoms with Crippen LogP contribution >= 0.6 is 0 Å². The molecule has 5 aromatic carbocycles. The van der Waals surface area contributed by atoms with E-state index in [0.29, 0.717) is 0 Å². The maximum Gasteiger partial charge on any atom is 0.254 e. The fourth-order valence-corrected chi connectivity index (χ4v) is 9.70. The second kappa shape index (κ2) is 12.7. The fourth-order valence-electron chi connectivity index (χ4n) is 6.46. The molecular formula is C39H38NOSi+. The monoisotopic (exact) mass is 564 g/mol. The third kappa shape index (κ3) is 5.58. The van der Waals surface area contributed by atoms with Gasteiger partial charge in [-0.15, -0.1) is 0 Å². The molecule has 6 rings (SSSR count). The zero-order valence-electron chi connectivity index (χ0n) is 24.2. The van der Waals surface area contributed by atoms with Crippen molar-refractivity contribution in [1.29, 1.82) is 0 Å². The predicted octanol–water partition coefficient (Wildman–Crippen LogP) is 7.30. The summed E-state index contributed by atoms with van der Waals surface area (Å²) in [6.45, 7) is 3.36. The molecule has 0 aromatic heterocycles. The van der Waals surface area contributed by atoms with E-state index in [4.69, 9.17) is 4.43 Å². The molecule has 5 aromatic rings. The summed E-state index contributed by atoms with van der Waals surface area (Å²) in [5.41, 5.74) is 2.90. The van der Waals surface area contributed by atoms with Gasteiger partial charge in [0.15, 0.2) is 17.9 Å². The van der Waals surface area contributed by atoms with Gasteiger partial charge in [0.25, 0.3) is 8.32 Å². The first kappa shape index (κ1) is 27.8. The lowest BCUT2D eigenvalue weighted by atomic mass is 9.79. The summed E-state index contributed by atoms with van der Waals surface area (Å²) >= 11 is 0. The lowest BCUT2D eigenvalue weighted by Crippen LogP contribution is -2.64. The van der Waals surface area contributed by atoms with Crippen molar-refractivity contribution >= 4 is 31.0 Å². The lowest BCUT2D eigenvalue weighted by Gasteiger charge is -2.44. The highest BCUT2D eigenvalue weighted by atomic mass is 28.4. The fraction of sp³-hybridized carbons (Fsp3) is 0.154. The average Bonchev–Trinajstić information content (AvgIpc) is 3.54. The molecule has 0 unspecified atom stereocenters. The molecule has 0 spiro atoms. The predicted molar refractivity (Wildman–Crippen MR) is 178 cm³/mol. The third-order valence-electron chi connectivity index (χ3n) is 8.55. The van der Waals surface area contributed by atoms with Gasteiger partial charge in [-0.1, -0.05) is 152 Å². The van der Waals surface area contributed by atoms with Gasteiger partial charge < -0.3 is 4.43 Å². The topological polar surface area (TPSA) is 12.2 Å². The van der Waals surface area contributed by atoms with Crippen LogP contribution in [-0.2, 0) is 10.0 Å². The van der Waals surface area contributed by atoms with Crippen LogP contribution in [0, 0.1) is 0 Å². The van der Waals surface area contributed by atoms with Crippen LogP contribution in [0.4, 0.5) is 0 Å². The SMILES string of the molecule is C[Si](OC(c1ccccc1)(c1ccccc1)[C@@H]1CCC[N+]1=C/C=C/c1ccccc1)(c1ccccc1)c1ccccc1. The number of allylic oxidation sites excluding steroid dienone is 1. The van der Waals surface area contributed by atoms with Gasteiger partial charge in [-0.25, -0.2) is 4.58 Å². The Morgan fingerprint density at radius 3 is 1.60 bits per heavy atom. The minimum Gasteiger partial charge on any atom is -0.389 e. The molecule has 2 nitrogen and oxygen atoms in total. The Morgan fingerprint density at radius 2 is 1.10 bits per heavy atom. The molecule has 42 heavy (non-hydrogen) atoms. The quantitative estimate of drug-likeness (QED) is 0.135. The van der Waals surface area contributed by atoms with Crippen molar-refractivity contribution in [1.82, 2.24) is 0 Å². The molecule has 1 atom stereocenters. The summed E-state index contributed by atoms with van der Waals surface area (Å²) < 4.78 is 10.5. The van der Waals surface area contributed by atoms with E-state index in [1.54, 1.807) is 0 Å². The van der Waals surface area contributed by atoms with E-state index in [-0.39, 0.29) is 6.04 Å². The van der Waals surface area contributed by atoms with E-state index in [9.17, 15) is 0 Å². The molecule has 1 fully saturated rings. The van der Waals surface area contributed by atoms with Crippen molar-refractivity contribution in [2.45, 2.75) is 31.0 Å². The largest absolute Gasteiger partial charge is 0.389 e. The second-order valence-electron chi connectivity index (χ2n) is 11.1. The van der Waals surface area contributed by atoms with Gasteiger partial charge in [0.2, 0.25) is 0 Å². The number of rotatable bonds is 9. The number of nitrogens with zero attached hydrogens (tertiary/aromatic N) is 1. The van der Waals surface area contributed by atoms with Crippen molar-refractivity contribution in [3.63, 3.8) is 0 Å². The maximum atomic E-state index is 8.00. The maximum absolute atomic E-state index is 8.00. The van der Waals surface area contributed by atoms with Gasteiger partial charge in [0.05, 0.1) is 0 Å². The number of hydrogen-bond donors (Lipinski definition) is 0. The van der Waals surface area contributed by atoms with E-state index in [2.05, 4.69) is 181 Å². The Morgan fingerprint density at radius 1 is 0.643 bits per heavy atom. The molecule has 1 saturated heterocycles. The number of benzene rings is 5. The minimum atomic E-state index is -2.74. The van der Waals surface area contributed by atoms with Gasteiger partial charge in [-0.2, -0.15) is 0 Å². The lowest BCUT2D eigenvalue weighted by molar-refractivity contribution is -0.557. The summed E-state index contributed by atoms with van der Waals surface area (Å²) in [4.78, 5) is 0. The van der Waals surface area contributed by atoms with Gasteiger partial charge in [-0.3, -0.25) is 0 Å². The van der Waals surface area contributed by atoms with Crippen LogP contribution in [0.15, 0.2) is 158 Å².